The summed E-state index contributed by atoms with van der Waals surface area (Å²) >= 11 is 0. The van der Waals surface area contributed by atoms with Crippen LogP contribution in [0.1, 0.15) is 25.3 Å². The average molecular weight is 235 g/mol. The van der Waals surface area contributed by atoms with Gasteiger partial charge in [-0.1, -0.05) is 30.3 Å². The molecule has 0 aliphatic carbocycles. The maximum Gasteiger partial charge on any atom is 0.0992 e. The Balaban J connectivity index is 1.80. The minimum atomic E-state index is -0.820. The lowest BCUT2D eigenvalue weighted by Crippen LogP contribution is -2.38. The number of aliphatic hydroxyl groups is 1. The van der Waals surface area contributed by atoms with Gasteiger partial charge in [0, 0.05) is 19.7 Å². The number of nitrogens with one attached hydrogen (secondary N) is 1. The Kier molecular flexibility index (Phi) is 4.15. The minimum Gasteiger partial charge on any atom is -0.384 e. The van der Waals surface area contributed by atoms with Gasteiger partial charge in [-0.2, -0.15) is 0 Å². The molecule has 2 atom stereocenters. The zero-order valence-corrected chi connectivity index (χ0v) is 10.4. The van der Waals surface area contributed by atoms with Crippen LogP contribution in [0.2, 0.25) is 0 Å². The van der Waals surface area contributed by atoms with Gasteiger partial charge in [0.05, 0.1) is 11.7 Å². The lowest BCUT2D eigenvalue weighted by atomic mass is 9.96. The molecule has 0 saturated carbocycles. The number of hydrogen-bond acceptors (Lipinski definition) is 3. The molecule has 1 saturated heterocycles. The Labute approximate surface area is 103 Å². The monoisotopic (exact) mass is 235 g/mol. The first-order valence-corrected chi connectivity index (χ1v) is 6.29. The Bertz CT molecular complexity index is 331. The van der Waals surface area contributed by atoms with Crippen molar-refractivity contribution in [2.75, 3.05) is 19.7 Å². The van der Waals surface area contributed by atoms with E-state index in [0.717, 1.165) is 31.6 Å². The van der Waals surface area contributed by atoms with E-state index in [1.807, 2.05) is 37.3 Å². The van der Waals surface area contributed by atoms with Crippen molar-refractivity contribution in [2.24, 2.45) is 0 Å². The van der Waals surface area contributed by atoms with Gasteiger partial charge in [-0.05, 0) is 25.3 Å². The largest absolute Gasteiger partial charge is 0.384 e. The lowest BCUT2D eigenvalue weighted by molar-refractivity contribution is 0.0492. The lowest BCUT2D eigenvalue weighted by Gasteiger charge is -2.25. The number of rotatable bonds is 5. The Morgan fingerprint density at radius 1 is 1.41 bits per heavy atom. The predicted molar refractivity (Wildman–Crippen MR) is 67.9 cm³/mol. The van der Waals surface area contributed by atoms with E-state index in [9.17, 15) is 5.11 Å². The van der Waals surface area contributed by atoms with Crippen LogP contribution in [0.15, 0.2) is 30.3 Å². The van der Waals surface area contributed by atoms with Crippen LogP contribution in [-0.2, 0) is 10.3 Å². The van der Waals surface area contributed by atoms with Gasteiger partial charge in [0.2, 0.25) is 0 Å². The van der Waals surface area contributed by atoms with Crippen LogP contribution in [0.3, 0.4) is 0 Å². The molecule has 0 radical (unpaired) electrons. The zero-order chi connectivity index (χ0) is 12.1. The third-order valence-corrected chi connectivity index (χ3v) is 3.26. The number of ether oxygens (including phenoxy) is 1. The summed E-state index contributed by atoms with van der Waals surface area (Å²) in [5, 5.41) is 13.6. The second-order valence-electron chi connectivity index (χ2n) is 4.91. The molecule has 0 spiro atoms. The van der Waals surface area contributed by atoms with Gasteiger partial charge in [-0.15, -0.1) is 0 Å². The maximum absolute atomic E-state index is 10.4. The minimum absolute atomic E-state index is 0.321. The van der Waals surface area contributed by atoms with Crippen molar-refractivity contribution in [1.29, 1.82) is 0 Å². The molecule has 94 valence electrons. The zero-order valence-electron chi connectivity index (χ0n) is 10.4. The molecule has 0 bridgehead atoms. The Hall–Kier alpha value is -0.900. The van der Waals surface area contributed by atoms with E-state index in [1.165, 1.54) is 0 Å². The first-order chi connectivity index (χ1) is 8.18. The fourth-order valence-electron chi connectivity index (χ4n) is 2.18. The molecule has 2 N–H and O–H groups in total. The molecule has 1 fully saturated rings. The molecular weight excluding hydrogens is 214 g/mol. The van der Waals surface area contributed by atoms with Crippen LogP contribution >= 0.6 is 0 Å². The predicted octanol–water partition coefficient (Wildman–Crippen LogP) is 1.66. The quantitative estimate of drug-likeness (QED) is 0.815. The third kappa shape index (κ3) is 3.53. The molecule has 0 aromatic heterocycles. The summed E-state index contributed by atoms with van der Waals surface area (Å²) in [6.07, 6.45) is 2.60. The summed E-state index contributed by atoms with van der Waals surface area (Å²) in [5.74, 6) is 0. The van der Waals surface area contributed by atoms with Gasteiger partial charge in [0.25, 0.3) is 0 Å². The topological polar surface area (TPSA) is 41.5 Å². The highest BCUT2D eigenvalue weighted by Gasteiger charge is 2.23. The highest BCUT2D eigenvalue weighted by atomic mass is 16.5. The highest BCUT2D eigenvalue weighted by Crippen LogP contribution is 2.19. The molecule has 3 heteroatoms. The molecule has 2 unspecified atom stereocenters. The van der Waals surface area contributed by atoms with E-state index in [-0.39, 0.29) is 0 Å². The summed E-state index contributed by atoms with van der Waals surface area (Å²) in [4.78, 5) is 0. The molecule has 2 rings (SSSR count). The summed E-state index contributed by atoms with van der Waals surface area (Å²) in [7, 11) is 0. The fraction of sp³-hybridized carbons (Fsp3) is 0.571. The molecule has 1 aliphatic rings. The standard InChI is InChI=1S/C14H21NO2/c1-14(16,12-6-3-2-4-7-12)11-15-10-13-8-5-9-17-13/h2-4,6-7,13,15-16H,5,8-11H2,1H3. The fourth-order valence-corrected chi connectivity index (χ4v) is 2.18. The second-order valence-corrected chi connectivity index (χ2v) is 4.91. The van der Waals surface area contributed by atoms with Crippen molar-refractivity contribution in [3.63, 3.8) is 0 Å². The molecule has 1 aromatic rings. The van der Waals surface area contributed by atoms with E-state index >= 15 is 0 Å². The first-order valence-electron chi connectivity index (χ1n) is 6.29. The summed E-state index contributed by atoms with van der Waals surface area (Å²) in [6, 6.07) is 9.76. The van der Waals surface area contributed by atoms with Crippen molar-refractivity contribution in [2.45, 2.75) is 31.5 Å². The average Bonchev–Trinajstić information content (AvgIpc) is 2.83. The van der Waals surface area contributed by atoms with Gasteiger partial charge >= 0.3 is 0 Å². The maximum atomic E-state index is 10.4. The van der Waals surface area contributed by atoms with E-state index in [2.05, 4.69) is 5.32 Å². The van der Waals surface area contributed by atoms with Crippen molar-refractivity contribution in [3.05, 3.63) is 35.9 Å². The highest BCUT2D eigenvalue weighted by molar-refractivity contribution is 5.21. The van der Waals surface area contributed by atoms with Crippen molar-refractivity contribution in [3.8, 4) is 0 Å². The van der Waals surface area contributed by atoms with Crippen molar-refractivity contribution < 1.29 is 9.84 Å². The second kappa shape index (κ2) is 5.63. The van der Waals surface area contributed by atoms with Crippen LogP contribution in [0.25, 0.3) is 0 Å². The van der Waals surface area contributed by atoms with Gasteiger partial charge in [-0.3, -0.25) is 0 Å². The van der Waals surface area contributed by atoms with E-state index in [1.54, 1.807) is 0 Å². The third-order valence-electron chi connectivity index (χ3n) is 3.26. The van der Waals surface area contributed by atoms with Crippen LogP contribution < -0.4 is 5.32 Å². The molecule has 1 aromatic carbocycles. The van der Waals surface area contributed by atoms with Crippen LogP contribution in [-0.4, -0.2) is 30.9 Å². The van der Waals surface area contributed by atoms with Crippen LogP contribution in [0.4, 0.5) is 0 Å². The Morgan fingerprint density at radius 2 is 2.18 bits per heavy atom. The Morgan fingerprint density at radius 3 is 2.82 bits per heavy atom. The molecule has 0 amide bonds. The molecule has 3 nitrogen and oxygen atoms in total. The van der Waals surface area contributed by atoms with Crippen molar-refractivity contribution >= 4 is 0 Å². The van der Waals surface area contributed by atoms with Gasteiger partial charge in [0.15, 0.2) is 0 Å². The number of benzene rings is 1. The first kappa shape index (κ1) is 12.6. The van der Waals surface area contributed by atoms with Gasteiger partial charge in [-0.25, -0.2) is 0 Å². The number of hydrogen-bond donors (Lipinski definition) is 2. The molecule has 1 heterocycles. The summed E-state index contributed by atoms with van der Waals surface area (Å²) in [6.45, 7) is 4.09. The van der Waals surface area contributed by atoms with E-state index in [4.69, 9.17) is 4.74 Å². The normalized spacial score (nSPS) is 23.5. The molecular formula is C14H21NO2. The van der Waals surface area contributed by atoms with E-state index < -0.39 is 5.60 Å². The van der Waals surface area contributed by atoms with Crippen LogP contribution in [0.5, 0.6) is 0 Å². The van der Waals surface area contributed by atoms with Gasteiger partial charge in [0.1, 0.15) is 0 Å². The van der Waals surface area contributed by atoms with Gasteiger partial charge < -0.3 is 15.2 Å². The summed E-state index contributed by atoms with van der Waals surface area (Å²) < 4.78 is 5.53. The summed E-state index contributed by atoms with van der Waals surface area (Å²) in [5.41, 5.74) is 0.125. The SMILES string of the molecule is CC(O)(CNCC1CCCO1)c1ccccc1. The van der Waals surface area contributed by atoms with Crippen molar-refractivity contribution in [1.82, 2.24) is 5.32 Å². The van der Waals surface area contributed by atoms with Crippen LogP contribution in [0, 0.1) is 0 Å². The van der Waals surface area contributed by atoms with E-state index in [0.29, 0.717) is 12.6 Å². The smallest absolute Gasteiger partial charge is 0.0992 e. The molecule has 17 heavy (non-hydrogen) atoms. The molecule has 1 aliphatic heterocycles.